The van der Waals surface area contributed by atoms with Crippen LogP contribution in [0.15, 0.2) is 18.2 Å². The third-order valence-electron chi connectivity index (χ3n) is 3.52. The molecule has 15 heavy (non-hydrogen) atoms. The lowest BCUT2D eigenvalue weighted by atomic mass is 9.82. The number of hydrogen-bond donors (Lipinski definition) is 0. The van der Waals surface area contributed by atoms with Gasteiger partial charge in [-0.2, -0.15) is 0 Å². The van der Waals surface area contributed by atoms with Crippen LogP contribution in [0.5, 0.6) is 5.75 Å². The summed E-state index contributed by atoms with van der Waals surface area (Å²) < 4.78 is 5.43. The fraction of sp³-hybridized carbons (Fsp3) is 0.500. The van der Waals surface area contributed by atoms with E-state index in [-0.39, 0.29) is 5.50 Å². The van der Waals surface area contributed by atoms with E-state index in [1.165, 1.54) is 17.7 Å². The van der Waals surface area contributed by atoms with Gasteiger partial charge in [0, 0.05) is 17.8 Å². The van der Waals surface area contributed by atoms with Crippen LogP contribution in [0.4, 0.5) is 5.69 Å². The second-order valence-corrected chi connectivity index (χ2v) is 4.75. The number of hydrogen-bond acceptors (Lipinski definition) is 2. The van der Waals surface area contributed by atoms with Crippen LogP contribution in [0.2, 0.25) is 0 Å². The summed E-state index contributed by atoms with van der Waals surface area (Å²) >= 11 is 6.32. The molecule has 0 amide bonds. The number of nitrogens with zero attached hydrogens (tertiary/aromatic N) is 1. The molecule has 0 aliphatic carbocycles. The van der Waals surface area contributed by atoms with Gasteiger partial charge in [0.05, 0.1) is 7.11 Å². The second kappa shape index (κ2) is 3.31. The highest BCUT2D eigenvalue weighted by atomic mass is 35.5. The Kier molecular flexibility index (Phi) is 2.06. The quantitative estimate of drug-likeness (QED) is 0.536. The van der Waals surface area contributed by atoms with Gasteiger partial charge in [0.1, 0.15) is 11.3 Å². The van der Waals surface area contributed by atoms with Crippen LogP contribution in [-0.4, -0.2) is 19.2 Å². The summed E-state index contributed by atoms with van der Waals surface area (Å²) in [5, 5.41) is 0. The number of ether oxygens (including phenoxy) is 1. The third kappa shape index (κ3) is 1.24. The predicted molar refractivity (Wildman–Crippen MR) is 62.0 cm³/mol. The molecule has 3 heterocycles. The van der Waals surface area contributed by atoms with E-state index >= 15 is 0 Å². The molecular weight excluding hydrogens is 210 g/mol. The smallest absolute Gasteiger partial charge is 0.124 e. The SMILES string of the molecule is COc1cccc2c1C1CCN2C(Cl)C1. The lowest BCUT2D eigenvalue weighted by Gasteiger charge is -2.45. The van der Waals surface area contributed by atoms with Crippen LogP contribution in [0.25, 0.3) is 0 Å². The molecule has 1 fully saturated rings. The zero-order chi connectivity index (χ0) is 10.4. The number of alkyl halides is 1. The topological polar surface area (TPSA) is 12.5 Å². The van der Waals surface area contributed by atoms with Crippen LogP contribution < -0.4 is 9.64 Å². The first-order valence-electron chi connectivity index (χ1n) is 5.39. The average Bonchev–Trinajstić information content (AvgIpc) is 2.29. The van der Waals surface area contributed by atoms with Crippen molar-refractivity contribution in [1.29, 1.82) is 0 Å². The normalized spacial score (nSPS) is 27.7. The molecule has 2 atom stereocenters. The van der Waals surface area contributed by atoms with Gasteiger partial charge in [0.25, 0.3) is 0 Å². The largest absolute Gasteiger partial charge is 0.496 e. The number of halogens is 1. The van der Waals surface area contributed by atoms with Crippen molar-refractivity contribution in [2.45, 2.75) is 24.3 Å². The van der Waals surface area contributed by atoms with Crippen molar-refractivity contribution in [2.24, 2.45) is 0 Å². The van der Waals surface area contributed by atoms with Gasteiger partial charge in [0.15, 0.2) is 0 Å². The minimum absolute atomic E-state index is 0.170. The molecule has 3 aliphatic heterocycles. The van der Waals surface area contributed by atoms with E-state index < -0.39 is 0 Å². The van der Waals surface area contributed by atoms with E-state index in [9.17, 15) is 0 Å². The summed E-state index contributed by atoms with van der Waals surface area (Å²) in [5.74, 6) is 1.61. The molecule has 3 aliphatic rings. The Morgan fingerprint density at radius 1 is 1.47 bits per heavy atom. The zero-order valence-corrected chi connectivity index (χ0v) is 9.50. The Bertz CT molecular complexity index is 393. The maximum Gasteiger partial charge on any atom is 0.124 e. The van der Waals surface area contributed by atoms with E-state index in [0.717, 1.165) is 18.7 Å². The van der Waals surface area contributed by atoms with Crippen molar-refractivity contribution in [1.82, 2.24) is 0 Å². The molecular formula is C12H14ClNO. The standard InChI is InChI=1S/C12H14ClNO/c1-15-10-4-2-3-9-12(10)8-5-6-14(9)11(13)7-8/h2-4,8,11H,5-7H2,1H3. The molecule has 0 N–H and O–H groups in total. The monoisotopic (exact) mass is 223 g/mol. The van der Waals surface area contributed by atoms with Crippen LogP contribution in [0.1, 0.15) is 24.3 Å². The molecule has 3 heteroatoms. The van der Waals surface area contributed by atoms with Crippen molar-refractivity contribution in [3.63, 3.8) is 0 Å². The molecule has 1 saturated heterocycles. The molecule has 0 radical (unpaired) electrons. The van der Waals surface area contributed by atoms with Crippen LogP contribution in [0.3, 0.4) is 0 Å². The van der Waals surface area contributed by atoms with Crippen molar-refractivity contribution in [3.8, 4) is 5.75 Å². The molecule has 0 saturated carbocycles. The molecule has 4 rings (SSSR count). The fourth-order valence-corrected chi connectivity index (χ4v) is 3.24. The maximum atomic E-state index is 6.32. The first-order chi connectivity index (χ1) is 7.31. The molecule has 1 aromatic carbocycles. The van der Waals surface area contributed by atoms with Gasteiger partial charge in [-0.25, -0.2) is 0 Å². The Morgan fingerprint density at radius 2 is 2.33 bits per heavy atom. The van der Waals surface area contributed by atoms with E-state index in [2.05, 4.69) is 11.0 Å². The van der Waals surface area contributed by atoms with Crippen LogP contribution in [-0.2, 0) is 0 Å². The van der Waals surface area contributed by atoms with Gasteiger partial charge in [-0.3, -0.25) is 0 Å². The molecule has 2 nitrogen and oxygen atoms in total. The minimum atomic E-state index is 0.170. The summed E-state index contributed by atoms with van der Waals surface area (Å²) in [7, 11) is 1.74. The summed E-state index contributed by atoms with van der Waals surface area (Å²) in [6.07, 6.45) is 2.26. The Labute approximate surface area is 94.8 Å². The zero-order valence-electron chi connectivity index (χ0n) is 8.74. The maximum absolute atomic E-state index is 6.32. The second-order valence-electron chi connectivity index (χ2n) is 4.24. The number of anilines is 1. The summed E-state index contributed by atoms with van der Waals surface area (Å²) in [6.45, 7) is 1.08. The first kappa shape index (κ1) is 9.34. The molecule has 2 bridgehead atoms. The highest BCUT2D eigenvalue weighted by Gasteiger charge is 2.38. The van der Waals surface area contributed by atoms with Gasteiger partial charge < -0.3 is 9.64 Å². The van der Waals surface area contributed by atoms with E-state index in [4.69, 9.17) is 16.3 Å². The molecule has 2 unspecified atom stereocenters. The highest BCUT2D eigenvalue weighted by Crippen LogP contribution is 2.49. The van der Waals surface area contributed by atoms with Crippen LogP contribution >= 0.6 is 11.6 Å². The van der Waals surface area contributed by atoms with Gasteiger partial charge in [0.2, 0.25) is 0 Å². The molecule has 1 aromatic rings. The van der Waals surface area contributed by atoms with Crippen molar-refractivity contribution in [3.05, 3.63) is 23.8 Å². The Balaban J connectivity index is 2.17. The molecule has 80 valence electrons. The highest BCUT2D eigenvalue weighted by molar-refractivity contribution is 6.22. The molecule has 0 aromatic heterocycles. The van der Waals surface area contributed by atoms with E-state index in [1.807, 2.05) is 12.1 Å². The van der Waals surface area contributed by atoms with E-state index in [0.29, 0.717) is 5.92 Å². The summed E-state index contributed by atoms with van der Waals surface area (Å²) in [5.41, 5.74) is 2.81. The summed E-state index contributed by atoms with van der Waals surface area (Å²) in [6, 6.07) is 6.24. The predicted octanol–water partition coefficient (Wildman–Crippen LogP) is 2.96. The van der Waals surface area contributed by atoms with E-state index in [1.54, 1.807) is 7.11 Å². The average molecular weight is 224 g/mol. The Hall–Kier alpha value is -0.890. The number of fused-ring (bicyclic) bond motifs is 2. The van der Waals surface area contributed by atoms with Crippen molar-refractivity contribution < 1.29 is 4.74 Å². The molecule has 0 spiro atoms. The number of rotatable bonds is 1. The van der Waals surface area contributed by atoms with Crippen molar-refractivity contribution in [2.75, 3.05) is 18.6 Å². The Morgan fingerprint density at radius 3 is 3.07 bits per heavy atom. The third-order valence-corrected chi connectivity index (χ3v) is 3.93. The first-order valence-corrected chi connectivity index (χ1v) is 5.82. The van der Waals surface area contributed by atoms with Gasteiger partial charge in [-0.15, -0.1) is 0 Å². The lowest BCUT2D eigenvalue weighted by molar-refractivity contribution is 0.383. The van der Waals surface area contributed by atoms with Gasteiger partial charge in [-0.1, -0.05) is 17.7 Å². The van der Waals surface area contributed by atoms with Crippen LogP contribution in [0, 0.1) is 0 Å². The van der Waals surface area contributed by atoms with Crippen molar-refractivity contribution >= 4 is 17.3 Å². The van der Waals surface area contributed by atoms with Gasteiger partial charge >= 0.3 is 0 Å². The number of benzene rings is 1. The van der Waals surface area contributed by atoms with Gasteiger partial charge in [-0.05, 0) is 30.9 Å². The summed E-state index contributed by atoms with van der Waals surface area (Å²) in [4.78, 5) is 2.29. The number of piperidine rings is 1. The number of methoxy groups -OCH3 is 1. The lowest BCUT2D eigenvalue weighted by Crippen LogP contribution is -2.43. The minimum Gasteiger partial charge on any atom is -0.496 e. The fourth-order valence-electron chi connectivity index (χ4n) is 2.82.